The number of nitrogens with two attached hydrogens (primary N) is 1. The molecule has 0 bridgehead atoms. The number of hydrogen-bond donors (Lipinski definition) is 2. The Kier molecular flexibility index (Phi) is 8.12. The molecule has 10 heteroatoms. The largest absolute Gasteiger partial charge is 0.383 e. The summed E-state index contributed by atoms with van der Waals surface area (Å²) in [4.78, 5) is 57.8. The van der Waals surface area contributed by atoms with E-state index in [0.29, 0.717) is 50.3 Å². The van der Waals surface area contributed by atoms with Crippen LogP contribution in [0.4, 0.5) is 11.5 Å². The number of thiophene rings is 1. The third-order valence-electron chi connectivity index (χ3n) is 5.82. The van der Waals surface area contributed by atoms with Gasteiger partial charge in [-0.15, -0.1) is 11.3 Å². The molecule has 180 valence electrons. The second-order valence-electron chi connectivity index (χ2n) is 8.91. The summed E-state index contributed by atoms with van der Waals surface area (Å²) in [5, 5.41) is 1.85. The van der Waals surface area contributed by atoms with Crippen molar-refractivity contribution in [1.29, 1.82) is 0 Å². The number of unbranched alkanes of at least 4 members (excludes halogenated alkanes) is 1. The standard InChI is InChI=1S/C23H33N5O4S/c1-4-5-11-27(18-19(24)28(13-15(2)3)23(32)25-20(18)29)21(30)16-8-6-10-26(14-16)22(31)17-9-7-12-33-17/h7,9,12,15-16H,4-6,8,10-11,13-14,24H2,1-3H3,(H,25,29,32)/t16-/m0/s1. The zero-order chi connectivity index (χ0) is 24.1. The number of carbonyl (C=O) groups is 2. The molecule has 2 aromatic heterocycles. The number of likely N-dealkylation sites (tertiary alicyclic amines) is 1. The highest BCUT2D eigenvalue weighted by Crippen LogP contribution is 2.26. The first-order chi connectivity index (χ1) is 15.7. The molecule has 3 heterocycles. The normalized spacial score (nSPS) is 16.2. The van der Waals surface area contributed by atoms with Crippen LogP contribution in [0.25, 0.3) is 0 Å². The quantitative estimate of drug-likeness (QED) is 0.608. The number of nitrogen functional groups attached to an aromatic ring is 1. The van der Waals surface area contributed by atoms with Crippen LogP contribution < -0.4 is 21.9 Å². The molecule has 0 unspecified atom stereocenters. The van der Waals surface area contributed by atoms with Crippen LogP contribution in [0.5, 0.6) is 0 Å². The van der Waals surface area contributed by atoms with Gasteiger partial charge in [-0.1, -0.05) is 33.3 Å². The van der Waals surface area contributed by atoms with Gasteiger partial charge >= 0.3 is 5.69 Å². The van der Waals surface area contributed by atoms with Gasteiger partial charge in [-0.05, 0) is 36.6 Å². The third kappa shape index (κ3) is 5.55. The van der Waals surface area contributed by atoms with Crippen LogP contribution in [0.1, 0.15) is 56.1 Å². The number of piperidine rings is 1. The van der Waals surface area contributed by atoms with Crippen molar-refractivity contribution in [2.75, 3.05) is 30.3 Å². The lowest BCUT2D eigenvalue weighted by Gasteiger charge is -2.35. The van der Waals surface area contributed by atoms with Gasteiger partial charge < -0.3 is 15.5 Å². The van der Waals surface area contributed by atoms with Crippen LogP contribution in [0.3, 0.4) is 0 Å². The smallest absolute Gasteiger partial charge is 0.330 e. The fourth-order valence-corrected chi connectivity index (χ4v) is 4.86. The number of carbonyl (C=O) groups excluding carboxylic acids is 2. The van der Waals surface area contributed by atoms with E-state index >= 15 is 0 Å². The Bertz CT molecular complexity index is 1090. The lowest BCUT2D eigenvalue weighted by Crippen LogP contribution is -2.49. The van der Waals surface area contributed by atoms with Crippen LogP contribution in [-0.4, -0.2) is 45.9 Å². The van der Waals surface area contributed by atoms with Crippen molar-refractivity contribution in [1.82, 2.24) is 14.5 Å². The van der Waals surface area contributed by atoms with E-state index in [2.05, 4.69) is 4.98 Å². The van der Waals surface area contributed by atoms with E-state index in [1.807, 2.05) is 32.2 Å². The molecule has 1 saturated heterocycles. The summed E-state index contributed by atoms with van der Waals surface area (Å²) in [5.41, 5.74) is 5.08. The molecule has 33 heavy (non-hydrogen) atoms. The number of aromatic nitrogens is 2. The van der Waals surface area contributed by atoms with Crippen molar-refractivity contribution in [3.8, 4) is 0 Å². The number of anilines is 2. The molecule has 1 aliphatic heterocycles. The summed E-state index contributed by atoms with van der Waals surface area (Å²) >= 11 is 1.38. The summed E-state index contributed by atoms with van der Waals surface area (Å²) in [6.07, 6.45) is 2.83. The van der Waals surface area contributed by atoms with Crippen LogP contribution >= 0.6 is 11.3 Å². The number of nitrogens with zero attached hydrogens (tertiary/aromatic N) is 3. The summed E-state index contributed by atoms with van der Waals surface area (Å²) in [5.74, 6) is -0.628. The zero-order valence-electron chi connectivity index (χ0n) is 19.5. The molecule has 0 saturated carbocycles. The molecule has 2 amide bonds. The lowest BCUT2D eigenvalue weighted by atomic mass is 9.96. The van der Waals surface area contributed by atoms with E-state index in [4.69, 9.17) is 5.73 Å². The maximum Gasteiger partial charge on any atom is 0.330 e. The van der Waals surface area contributed by atoms with E-state index in [-0.39, 0.29) is 29.2 Å². The van der Waals surface area contributed by atoms with Gasteiger partial charge in [-0.2, -0.15) is 0 Å². The number of H-pyrrole nitrogens is 1. The number of amides is 2. The Labute approximate surface area is 197 Å². The van der Waals surface area contributed by atoms with Gasteiger partial charge in [0.05, 0.1) is 10.8 Å². The van der Waals surface area contributed by atoms with Crippen molar-refractivity contribution in [2.24, 2.45) is 11.8 Å². The van der Waals surface area contributed by atoms with Crippen molar-refractivity contribution in [2.45, 2.75) is 53.0 Å². The molecule has 9 nitrogen and oxygen atoms in total. The van der Waals surface area contributed by atoms with Crippen LogP contribution in [0.15, 0.2) is 27.1 Å². The molecular formula is C23H33N5O4S. The topological polar surface area (TPSA) is 121 Å². The first-order valence-electron chi connectivity index (χ1n) is 11.5. The van der Waals surface area contributed by atoms with Gasteiger partial charge in [0, 0.05) is 26.2 Å². The van der Waals surface area contributed by atoms with Crippen molar-refractivity contribution in [3.05, 3.63) is 43.2 Å². The number of rotatable bonds is 8. The fourth-order valence-electron chi connectivity index (χ4n) is 4.17. The monoisotopic (exact) mass is 475 g/mol. The average Bonchev–Trinajstić information content (AvgIpc) is 3.32. The highest BCUT2D eigenvalue weighted by molar-refractivity contribution is 7.12. The van der Waals surface area contributed by atoms with Gasteiger partial charge in [-0.25, -0.2) is 4.79 Å². The molecule has 0 aromatic carbocycles. The molecule has 2 aromatic rings. The second-order valence-corrected chi connectivity index (χ2v) is 9.86. The first kappa shape index (κ1) is 24.8. The summed E-state index contributed by atoms with van der Waals surface area (Å²) < 4.78 is 1.32. The van der Waals surface area contributed by atoms with Crippen molar-refractivity contribution in [3.63, 3.8) is 0 Å². The highest BCUT2D eigenvalue weighted by atomic mass is 32.1. The highest BCUT2D eigenvalue weighted by Gasteiger charge is 2.34. The van der Waals surface area contributed by atoms with Crippen LogP contribution in [0.2, 0.25) is 0 Å². The van der Waals surface area contributed by atoms with Gasteiger partial charge in [0.25, 0.3) is 11.5 Å². The van der Waals surface area contributed by atoms with E-state index in [1.165, 1.54) is 20.8 Å². The predicted octanol–water partition coefficient (Wildman–Crippen LogP) is 2.52. The van der Waals surface area contributed by atoms with E-state index in [9.17, 15) is 19.2 Å². The number of nitrogens with one attached hydrogen (secondary N) is 1. The minimum atomic E-state index is -0.663. The number of aromatic amines is 1. The average molecular weight is 476 g/mol. The molecule has 1 fully saturated rings. The Balaban J connectivity index is 1.93. The molecule has 1 aliphatic rings. The predicted molar refractivity (Wildman–Crippen MR) is 131 cm³/mol. The molecule has 3 rings (SSSR count). The minimum Gasteiger partial charge on any atom is -0.383 e. The fraction of sp³-hybridized carbons (Fsp3) is 0.565. The van der Waals surface area contributed by atoms with Gasteiger partial charge in [-0.3, -0.25) is 23.9 Å². The van der Waals surface area contributed by atoms with Gasteiger partial charge in [0.15, 0.2) is 5.69 Å². The van der Waals surface area contributed by atoms with Crippen molar-refractivity contribution < 1.29 is 9.59 Å². The maximum atomic E-state index is 13.7. The van der Waals surface area contributed by atoms with Gasteiger partial charge in [0.1, 0.15) is 5.82 Å². The van der Waals surface area contributed by atoms with Crippen LogP contribution in [0, 0.1) is 11.8 Å². The molecule has 1 atom stereocenters. The summed E-state index contributed by atoms with van der Waals surface area (Å²) in [6, 6.07) is 3.61. The molecule has 3 N–H and O–H groups in total. The molecule has 0 aliphatic carbocycles. The van der Waals surface area contributed by atoms with Gasteiger partial charge in [0.2, 0.25) is 5.91 Å². The first-order valence-corrected chi connectivity index (χ1v) is 12.4. The summed E-state index contributed by atoms with van der Waals surface area (Å²) in [6.45, 7) is 7.42. The third-order valence-corrected chi connectivity index (χ3v) is 6.68. The van der Waals surface area contributed by atoms with Crippen molar-refractivity contribution >= 4 is 34.7 Å². The number of hydrogen-bond acceptors (Lipinski definition) is 6. The molecule has 0 radical (unpaired) electrons. The Morgan fingerprint density at radius 1 is 1.33 bits per heavy atom. The zero-order valence-corrected chi connectivity index (χ0v) is 20.3. The molecule has 0 spiro atoms. The molecular weight excluding hydrogens is 442 g/mol. The second kappa shape index (κ2) is 10.8. The van der Waals surface area contributed by atoms with E-state index in [1.54, 1.807) is 11.0 Å². The maximum absolute atomic E-state index is 13.7. The van der Waals surface area contributed by atoms with E-state index in [0.717, 1.165) is 6.42 Å². The van der Waals surface area contributed by atoms with E-state index < -0.39 is 17.2 Å². The Hall–Kier alpha value is -2.88. The van der Waals surface area contributed by atoms with Crippen LogP contribution in [-0.2, 0) is 11.3 Å². The lowest BCUT2D eigenvalue weighted by molar-refractivity contribution is -0.123. The minimum absolute atomic E-state index is 0.00392. The Morgan fingerprint density at radius 2 is 2.09 bits per heavy atom. The summed E-state index contributed by atoms with van der Waals surface area (Å²) in [7, 11) is 0. The Morgan fingerprint density at radius 3 is 2.73 bits per heavy atom. The SMILES string of the molecule is CCCCN(C(=O)[C@H]1CCCN(C(=O)c2cccs2)C1)c1c(N)n(CC(C)C)c(=O)[nH]c1=O.